The molecule has 0 bridgehead atoms. The molecule has 0 amide bonds. The smallest absolute Gasteiger partial charge is 0.0509 e. The lowest BCUT2D eigenvalue weighted by atomic mass is 9.87. The lowest BCUT2D eigenvalue weighted by Crippen LogP contribution is -2.47. The van der Waals surface area contributed by atoms with Crippen LogP contribution in [0.15, 0.2) is 0 Å². The van der Waals surface area contributed by atoms with Crippen molar-refractivity contribution in [2.45, 2.75) is 64.0 Å². The Hall–Kier alpha value is 0.110. The molecular formula is C12H25NOS. The summed E-state index contributed by atoms with van der Waals surface area (Å²) < 4.78 is 12.2. The van der Waals surface area contributed by atoms with Gasteiger partial charge in [-0.05, 0) is 24.8 Å². The Bertz CT molecular complexity index is 238. The van der Waals surface area contributed by atoms with Gasteiger partial charge in [0.15, 0.2) is 0 Å². The molecule has 0 spiro atoms. The summed E-state index contributed by atoms with van der Waals surface area (Å²) in [4.78, 5) is 0. The van der Waals surface area contributed by atoms with Crippen molar-refractivity contribution in [1.29, 1.82) is 0 Å². The number of hydrogen-bond acceptors (Lipinski definition) is 2. The Morgan fingerprint density at radius 1 is 1.47 bits per heavy atom. The van der Waals surface area contributed by atoms with Gasteiger partial charge in [0.25, 0.3) is 0 Å². The van der Waals surface area contributed by atoms with Crippen LogP contribution in [-0.2, 0) is 10.8 Å². The molecule has 0 aromatic heterocycles. The fraction of sp³-hybridized carbons (Fsp3) is 1.00. The van der Waals surface area contributed by atoms with Crippen molar-refractivity contribution in [3.63, 3.8) is 0 Å². The molecule has 15 heavy (non-hydrogen) atoms. The molecule has 3 heteroatoms. The van der Waals surface area contributed by atoms with Crippen LogP contribution in [0.3, 0.4) is 0 Å². The molecule has 1 aliphatic rings. The Kier molecular flexibility index (Phi) is 4.36. The zero-order valence-electron chi connectivity index (χ0n) is 10.7. The van der Waals surface area contributed by atoms with Crippen molar-refractivity contribution in [2.24, 2.45) is 5.41 Å². The van der Waals surface area contributed by atoms with E-state index >= 15 is 0 Å². The van der Waals surface area contributed by atoms with Crippen LogP contribution in [0.4, 0.5) is 0 Å². The third kappa shape index (κ3) is 2.82. The van der Waals surface area contributed by atoms with Crippen molar-refractivity contribution in [3.8, 4) is 0 Å². The molecule has 0 saturated heterocycles. The zero-order valence-corrected chi connectivity index (χ0v) is 11.5. The summed E-state index contributed by atoms with van der Waals surface area (Å²) >= 11 is 0. The molecule has 2 nitrogen and oxygen atoms in total. The van der Waals surface area contributed by atoms with Gasteiger partial charge in [0, 0.05) is 22.1 Å². The van der Waals surface area contributed by atoms with E-state index in [0.29, 0.717) is 16.7 Å². The summed E-state index contributed by atoms with van der Waals surface area (Å²) in [6, 6.07) is 0.422. The zero-order chi connectivity index (χ0) is 11.6. The van der Waals surface area contributed by atoms with E-state index < -0.39 is 10.8 Å². The molecule has 3 atom stereocenters. The van der Waals surface area contributed by atoms with Crippen LogP contribution >= 0.6 is 0 Å². The standard InChI is InChI=1S/C12H25NOS/c1-6-13-11-10(15(14)9(2)3)7-8-12(11,4)5/h9-11,13H,6-8H2,1-5H3. The van der Waals surface area contributed by atoms with Crippen molar-refractivity contribution in [2.75, 3.05) is 6.54 Å². The number of rotatable bonds is 4. The van der Waals surface area contributed by atoms with Gasteiger partial charge in [-0.1, -0.05) is 34.6 Å². The van der Waals surface area contributed by atoms with E-state index in [1.54, 1.807) is 0 Å². The molecule has 1 aliphatic carbocycles. The van der Waals surface area contributed by atoms with Gasteiger partial charge in [-0.25, -0.2) is 0 Å². The fourth-order valence-electron chi connectivity index (χ4n) is 2.57. The quantitative estimate of drug-likeness (QED) is 0.804. The molecule has 1 fully saturated rings. The van der Waals surface area contributed by atoms with Gasteiger partial charge in [0.1, 0.15) is 0 Å². The average molecular weight is 231 g/mol. The van der Waals surface area contributed by atoms with Crippen LogP contribution in [-0.4, -0.2) is 27.3 Å². The average Bonchev–Trinajstić information content (AvgIpc) is 2.42. The molecule has 0 radical (unpaired) electrons. The van der Waals surface area contributed by atoms with E-state index in [2.05, 4.69) is 39.9 Å². The van der Waals surface area contributed by atoms with E-state index in [1.807, 2.05) is 0 Å². The second-order valence-electron chi connectivity index (χ2n) is 5.48. The minimum atomic E-state index is -0.688. The Balaban J connectivity index is 2.77. The number of hydrogen-bond donors (Lipinski definition) is 1. The molecule has 1 rings (SSSR count). The summed E-state index contributed by atoms with van der Waals surface area (Å²) in [6.07, 6.45) is 2.29. The molecule has 1 N–H and O–H groups in total. The summed E-state index contributed by atoms with van der Waals surface area (Å²) in [5.74, 6) is 0. The third-order valence-electron chi connectivity index (χ3n) is 3.47. The molecular weight excluding hydrogens is 206 g/mol. The van der Waals surface area contributed by atoms with Gasteiger partial charge in [-0.15, -0.1) is 0 Å². The monoisotopic (exact) mass is 231 g/mol. The maximum atomic E-state index is 12.2. The first kappa shape index (κ1) is 13.2. The van der Waals surface area contributed by atoms with Crippen molar-refractivity contribution in [1.82, 2.24) is 5.32 Å². The van der Waals surface area contributed by atoms with Gasteiger partial charge >= 0.3 is 0 Å². The molecule has 1 saturated carbocycles. The molecule has 0 aromatic carbocycles. The van der Waals surface area contributed by atoms with Crippen LogP contribution in [0.5, 0.6) is 0 Å². The first-order valence-electron chi connectivity index (χ1n) is 6.03. The van der Waals surface area contributed by atoms with Gasteiger partial charge in [-0.2, -0.15) is 0 Å². The molecule has 3 unspecified atom stereocenters. The lowest BCUT2D eigenvalue weighted by Gasteiger charge is -2.31. The van der Waals surface area contributed by atoms with Crippen LogP contribution < -0.4 is 5.32 Å². The normalized spacial score (nSPS) is 32.1. The predicted octanol–water partition coefficient (Wildman–Crippen LogP) is 2.31. The molecule has 0 heterocycles. The molecule has 90 valence electrons. The third-order valence-corrected chi connectivity index (χ3v) is 5.51. The largest absolute Gasteiger partial charge is 0.313 e. The SMILES string of the molecule is CCNC1C(S(=O)C(C)C)CCC1(C)C. The van der Waals surface area contributed by atoms with E-state index in [9.17, 15) is 4.21 Å². The second kappa shape index (κ2) is 4.96. The highest BCUT2D eigenvalue weighted by molar-refractivity contribution is 7.86. The van der Waals surface area contributed by atoms with Crippen LogP contribution in [0.2, 0.25) is 0 Å². The Morgan fingerprint density at radius 2 is 2.07 bits per heavy atom. The highest BCUT2D eigenvalue weighted by atomic mass is 32.2. The second-order valence-corrected chi connectivity index (χ2v) is 7.68. The highest BCUT2D eigenvalue weighted by Crippen LogP contribution is 2.40. The summed E-state index contributed by atoms with van der Waals surface area (Å²) in [5, 5.41) is 4.16. The first-order chi connectivity index (χ1) is 6.90. The van der Waals surface area contributed by atoms with E-state index in [0.717, 1.165) is 13.0 Å². The van der Waals surface area contributed by atoms with Gasteiger partial charge in [0.2, 0.25) is 0 Å². The Morgan fingerprint density at radius 3 is 2.53 bits per heavy atom. The first-order valence-corrected chi connectivity index (χ1v) is 7.30. The van der Waals surface area contributed by atoms with Crippen molar-refractivity contribution < 1.29 is 4.21 Å². The van der Waals surface area contributed by atoms with Crippen molar-refractivity contribution >= 4 is 10.8 Å². The topological polar surface area (TPSA) is 29.1 Å². The van der Waals surface area contributed by atoms with E-state index in [4.69, 9.17) is 0 Å². The Labute approximate surface area is 96.7 Å². The van der Waals surface area contributed by atoms with Crippen LogP contribution in [0.25, 0.3) is 0 Å². The summed E-state index contributed by atoms with van der Waals surface area (Å²) in [5.41, 5.74) is 0.297. The fourth-order valence-corrected chi connectivity index (χ4v) is 4.35. The van der Waals surface area contributed by atoms with E-state index in [1.165, 1.54) is 6.42 Å². The van der Waals surface area contributed by atoms with Gasteiger partial charge in [-0.3, -0.25) is 4.21 Å². The maximum Gasteiger partial charge on any atom is 0.0509 e. The maximum absolute atomic E-state index is 12.2. The number of nitrogens with one attached hydrogen (secondary N) is 1. The minimum absolute atomic E-state index is 0.282. The van der Waals surface area contributed by atoms with Crippen LogP contribution in [0.1, 0.15) is 47.5 Å². The van der Waals surface area contributed by atoms with E-state index in [-0.39, 0.29) is 5.25 Å². The van der Waals surface area contributed by atoms with Gasteiger partial charge < -0.3 is 5.32 Å². The predicted molar refractivity (Wildman–Crippen MR) is 67.5 cm³/mol. The highest BCUT2D eigenvalue weighted by Gasteiger charge is 2.44. The van der Waals surface area contributed by atoms with Crippen LogP contribution in [0, 0.1) is 5.41 Å². The molecule has 0 aliphatic heterocycles. The molecule has 0 aromatic rings. The lowest BCUT2D eigenvalue weighted by molar-refractivity contribution is 0.289. The summed E-state index contributed by atoms with van der Waals surface area (Å²) in [6.45, 7) is 11.8. The van der Waals surface area contributed by atoms with Gasteiger partial charge in [0.05, 0.1) is 5.25 Å². The summed E-state index contributed by atoms with van der Waals surface area (Å²) in [7, 11) is -0.688. The van der Waals surface area contributed by atoms with Crippen molar-refractivity contribution in [3.05, 3.63) is 0 Å². The minimum Gasteiger partial charge on any atom is -0.313 e.